The summed E-state index contributed by atoms with van der Waals surface area (Å²) in [4.78, 5) is 13.0. The van der Waals surface area contributed by atoms with E-state index in [1.807, 2.05) is 72.8 Å². The number of nitrogens with zero attached hydrogens (tertiary/aromatic N) is 2. The molecule has 0 radical (unpaired) electrons. The number of hydrogen-bond donors (Lipinski definition) is 1. The molecule has 3 aromatic carbocycles. The summed E-state index contributed by atoms with van der Waals surface area (Å²) in [6.07, 6.45) is 0. The first-order valence-corrected chi connectivity index (χ1v) is 9.85. The summed E-state index contributed by atoms with van der Waals surface area (Å²) in [5.74, 6) is 0.507. The molecule has 0 atom stereocenters. The molecule has 0 spiro atoms. The molecule has 0 unspecified atom stereocenters. The van der Waals surface area contributed by atoms with E-state index >= 15 is 0 Å². The van der Waals surface area contributed by atoms with Gasteiger partial charge in [0.25, 0.3) is 5.91 Å². The minimum Gasteiger partial charge on any atom is -0.497 e. The summed E-state index contributed by atoms with van der Waals surface area (Å²) in [7, 11) is 1.61. The van der Waals surface area contributed by atoms with Crippen LogP contribution in [0, 0.1) is 0 Å². The van der Waals surface area contributed by atoms with Gasteiger partial charge in [0.05, 0.1) is 23.5 Å². The number of halogens is 1. The van der Waals surface area contributed by atoms with Crippen LogP contribution in [0.2, 0.25) is 5.02 Å². The predicted molar refractivity (Wildman–Crippen MR) is 118 cm³/mol. The summed E-state index contributed by atoms with van der Waals surface area (Å²) in [5, 5.41) is 8.22. The SMILES string of the molecule is COc1ccc(-n2nc(-c3ccccc3Cl)cc2C(=O)NCc2ccccc2)cc1. The lowest BCUT2D eigenvalue weighted by Gasteiger charge is -2.09. The Morgan fingerprint density at radius 1 is 1.00 bits per heavy atom. The molecule has 6 heteroatoms. The zero-order chi connectivity index (χ0) is 20.9. The van der Waals surface area contributed by atoms with E-state index in [1.54, 1.807) is 23.9 Å². The van der Waals surface area contributed by atoms with Gasteiger partial charge < -0.3 is 10.1 Å². The van der Waals surface area contributed by atoms with E-state index in [0.717, 1.165) is 22.6 Å². The van der Waals surface area contributed by atoms with Crippen LogP contribution >= 0.6 is 11.6 Å². The van der Waals surface area contributed by atoms with Gasteiger partial charge in [-0.2, -0.15) is 5.10 Å². The first kappa shape index (κ1) is 19.7. The number of methoxy groups -OCH3 is 1. The number of rotatable bonds is 6. The molecule has 1 aromatic heterocycles. The third kappa shape index (κ3) is 4.21. The first-order chi connectivity index (χ1) is 14.7. The Balaban J connectivity index is 1.71. The van der Waals surface area contributed by atoms with Gasteiger partial charge in [-0.25, -0.2) is 4.68 Å². The van der Waals surface area contributed by atoms with Gasteiger partial charge in [0, 0.05) is 12.1 Å². The molecule has 1 heterocycles. The van der Waals surface area contributed by atoms with Crippen LogP contribution in [0.3, 0.4) is 0 Å². The highest BCUT2D eigenvalue weighted by atomic mass is 35.5. The van der Waals surface area contributed by atoms with Gasteiger partial charge in [-0.1, -0.05) is 60.1 Å². The second-order valence-electron chi connectivity index (χ2n) is 6.67. The van der Waals surface area contributed by atoms with E-state index in [2.05, 4.69) is 10.4 Å². The van der Waals surface area contributed by atoms with Crippen LogP contribution in [0.4, 0.5) is 0 Å². The quantitative estimate of drug-likeness (QED) is 0.473. The lowest BCUT2D eigenvalue weighted by Crippen LogP contribution is -2.25. The van der Waals surface area contributed by atoms with Crippen LogP contribution in [-0.4, -0.2) is 22.8 Å². The van der Waals surface area contributed by atoms with Gasteiger partial charge in [-0.3, -0.25) is 4.79 Å². The number of amides is 1. The molecule has 150 valence electrons. The Labute approximate surface area is 179 Å². The lowest BCUT2D eigenvalue weighted by atomic mass is 10.1. The number of aromatic nitrogens is 2. The molecule has 0 aliphatic carbocycles. The first-order valence-electron chi connectivity index (χ1n) is 9.47. The molecule has 5 nitrogen and oxygen atoms in total. The van der Waals surface area contributed by atoms with Crippen molar-refractivity contribution in [2.75, 3.05) is 7.11 Å². The minimum atomic E-state index is -0.222. The number of carbonyl (C=O) groups is 1. The minimum absolute atomic E-state index is 0.222. The van der Waals surface area contributed by atoms with Gasteiger partial charge in [0.2, 0.25) is 0 Å². The van der Waals surface area contributed by atoms with E-state index in [9.17, 15) is 4.79 Å². The molecule has 30 heavy (non-hydrogen) atoms. The van der Waals surface area contributed by atoms with Crippen molar-refractivity contribution in [2.45, 2.75) is 6.54 Å². The second-order valence-corrected chi connectivity index (χ2v) is 7.08. The topological polar surface area (TPSA) is 56.2 Å². The van der Waals surface area contributed by atoms with Crippen molar-refractivity contribution in [2.24, 2.45) is 0 Å². The van der Waals surface area contributed by atoms with Crippen LogP contribution < -0.4 is 10.1 Å². The third-order valence-corrected chi connectivity index (χ3v) is 5.03. The average molecular weight is 418 g/mol. The fourth-order valence-electron chi connectivity index (χ4n) is 3.13. The molecular weight excluding hydrogens is 398 g/mol. The summed E-state index contributed by atoms with van der Waals surface area (Å²) in [5.41, 5.74) is 3.59. The highest BCUT2D eigenvalue weighted by Crippen LogP contribution is 2.28. The monoisotopic (exact) mass is 417 g/mol. The zero-order valence-electron chi connectivity index (χ0n) is 16.4. The zero-order valence-corrected chi connectivity index (χ0v) is 17.1. The van der Waals surface area contributed by atoms with E-state index in [-0.39, 0.29) is 5.91 Å². The maximum atomic E-state index is 13.0. The van der Waals surface area contributed by atoms with Crippen LogP contribution in [0.5, 0.6) is 5.75 Å². The summed E-state index contributed by atoms with van der Waals surface area (Å²) in [6, 6.07) is 26.3. The van der Waals surface area contributed by atoms with Gasteiger partial charge in [-0.05, 0) is 42.0 Å². The highest BCUT2D eigenvalue weighted by Gasteiger charge is 2.18. The standard InChI is InChI=1S/C24H20ClN3O2/c1-30-19-13-11-18(12-14-19)28-23(24(29)26-16-17-7-3-2-4-8-17)15-22(27-28)20-9-5-6-10-21(20)25/h2-15H,16H2,1H3,(H,26,29). The molecule has 0 aliphatic rings. The predicted octanol–water partition coefficient (Wildman–Crippen LogP) is 5.13. The van der Waals surface area contributed by atoms with E-state index in [4.69, 9.17) is 16.3 Å². The molecule has 0 saturated heterocycles. The smallest absolute Gasteiger partial charge is 0.270 e. The second kappa shape index (κ2) is 8.84. The fourth-order valence-corrected chi connectivity index (χ4v) is 3.36. The van der Waals surface area contributed by atoms with Crippen molar-refractivity contribution in [3.05, 3.63) is 101 Å². The Morgan fingerprint density at radius 3 is 2.40 bits per heavy atom. The summed E-state index contributed by atoms with van der Waals surface area (Å²) in [6.45, 7) is 0.425. The highest BCUT2D eigenvalue weighted by molar-refractivity contribution is 6.33. The fraction of sp³-hybridized carbons (Fsp3) is 0.0833. The maximum Gasteiger partial charge on any atom is 0.270 e. The molecule has 4 rings (SSSR count). The van der Waals surface area contributed by atoms with Crippen molar-refractivity contribution in [3.8, 4) is 22.7 Å². The van der Waals surface area contributed by atoms with Gasteiger partial charge in [-0.15, -0.1) is 0 Å². The third-order valence-electron chi connectivity index (χ3n) is 4.70. The number of ether oxygens (including phenoxy) is 1. The number of hydrogen-bond acceptors (Lipinski definition) is 3. The van der Waals surface area contributed by atoms with Crippen molar-refractivity contribution in [3.63, 3.8) is 0 Å². The van der Waals surface area contributed by atoms with Crippen molar-refractivity contribution >= 4 is 17.5 Å². The van der Waals surface area contributed by atoms with Gasteiger partial charge >= 0.3 is 0 Å². The van der Waals surface area contributed by atoms with Crippen LogP contribution in [0.25, 0.3) is 16.9 Å². The number of nitrogens with one attached hydrogen (secondary N) is 1. The van der Waals surface area contributed by atoms with Crippen LogP contribution in [0.1, 0.15) is 16.1 Å². The van der Waals surface area contributed by atoms with Crippen molar-refractivity contribution < 1.29 is 9.53 Å². The largest absolute Gasteiger partial charge is 0.497 e. The molecule has 0 saturated carbocycles. The molecule has 0 bridgehead atoms. The average Bonchev–Trinajstić information content (AvgIpc) is 3.24. The normalized spacial score (nSPS) is 10.6. The van der Waals surface area contributed by atoms with Crippen LogP contribution in [-0.2, 0) is 6.54 Å². The molecule has 1 N–H and O–H groups in total. The Kier molecular flexibility index (Phi) is 5.82. The van der Waals surface area contributed by atoms with Gasteiger partial charge in [0.15, 0.2) is 0 Å². The van der Waals surface area contributed by atoms with E-state index in [1.165, 1.54) is 0 Å². The van der Waals surface area contributed by atoms with Gasteiger partial charge in [0.1, 0.15) is 11.4 Å². The summed E-state index contributed by atoms with van der Waals surface area (Å²) >= 11 is 6.36. The molecule has 1 amide bonds. The van der Waals surface area contributed by atoms with Crippen molar-refractivity contribution in [1.82, 2.24) is 15.1 Å². The van der Waals surface area contributed by atoms with Crippen molar-refractivity contribution in [1.29, 1.82) is 0 Å². The lowest BCUT2D eigenvalue weighted by molar-refractivity contribution is 0.0943. The summed E-state index contributed by atoms with van der Waals surface area (Å²) < 4.78 is 6.86. The number of benzene rings is 3. The maximum absolute atomic E-state index is 13.0. The number of carbonyl (C=O) groups excluding carboxylic acids is 1. The Hall–Kier alpha value is -3.57. The Morgan fingerprint density at radius 2 is 1.70 bits per heavy atom. The molecule has 0 fully saturated rings. The molecule has 0 aliphatic heterocycles. The Bertz CT molecular complexity index is 1150. The van der Waals surface area contributed by atoms with E-state index in [0.29, 0.717) is 23.0 Å². The molecule has 4 aromatic rings. The van der Waals surface area contributed by atoms with Crippen LogP contribution in [0.15, 0.2) is 84.9 Å². The molecular formula is C24H20ClN3O2. The van der Waals surface area contributed by atoms with E-state index < -0.39 is 0 Å².